The second kappa shape index (κ2) is 8.65. The molecule has 1 aliphatic heterocycles. The van der Waals surface area contributed by atoms with Gasteiger partial charge in [-0.25, -0.2) is 0 Å². The minimum atomic E-state index is -0.932. The molecule has 1 heterocycles. The molecule has 2 aromatic carbocycles. The number of benzene rings is 2. The highest BCUT2D eigenvalue weighted by molar-refractivity contribution is 5.95. The summed E-state index contributed by atoms with van der Waals surface area (Å²) in [4.78, 5) is 24.2. The molecule has 1 aliphatic rings. The van der Waals surface area contributed by atoms with Crippen LogP contribution in [0.1, 0.15) is 24.5 Å². The number of esters is 1. The summed E-state index contributed by atoms with van der Waals surface area (Å²) < 4.78 is 21.3. The Morgan fingerprint density at radius 1 is 1.11 bits per heavy atom. The predicted octanol–water partition coefficient (Wildman–Crippen LogP) is 3.37. The molecular formula is C21H23NO6. The molecule has 1 atom stereocenters. The maximum Gasteiger partial charge on any atom is 0.310 e. The van der Waals surface area contributed by atoms with Crippen molar-refractivity contribution in [2.45, 2.75) is 33.3 Å². The molecule has 2 aromatic rings. The Bertz CT molecular complexity index is 879. The fraction of sp³-hybridized carbons (Fsp3) is 0.333. The summed E-state index contributed by atoms with van der Waals surface area (Å²) in [5.41, 5.74) is 2.61. The van der Waals surface area contributed by atoms with Crippen LogP contribution in [0.15, 0.2) is 36.4 Å². The van der Waals surface area contributed by atoms with E-state index in [0.29, 0.717) is 17.2 Å². The summed E-state index contributed by atoms with van der Waals surface area (Å²) in [7, 11) is 0. The van der Waals surface area contributed by atoms with Crippen molar-refractivity contribution >= 4 is 17.6 Å². The van der Waals surface area contributed by atoms with Crippen LogP contribution in [0.25, 0.3) is 0 Å². The first-order chi connectivity index (χ1) is 13.4. The number of anilines is 1. The number of amides is 1. The molecule has 148 valence electrons. The summed E-state index contributed by atoms with van der Waals surface area (Å²) in [6, 6.07) is 10.9. The zero-order valence-corrected chi connectivity index (χ0v) is 16.1. The average molecular weight is 385 g/mol. The lowest BCUT2D eigenvalue weighted by atomic mass is 10.1. The van der Waals surface area contributed by atoms with E-state index in [-0.39, 0.29) is 19.8 Å². The number of ether oxygens (including phenoxy) is 4. The first-order valence-electron chi connectivity index (χ1n) is 9.02. The predicted molar refractivity (Wildman–Crippen MR) is 103 cm³/mol. The summed E-state index contributed by atoms with van der Waals surface area (Å²) in [5.74, 6) is 0.995. The maximum atomic E-state index is 12.2. The lowest BCUT2D eigenvalue weighted by Crippen LogP contribution is -2.30. The Labute approximate surface area is 163 Å². The first-order valence-corrected chi connectivity index (χ1v) is 9.02. The Kier molecular flexibility index (Phi) is 6.03. The zero-order chi connectivity index (χ0) is 20.1. The summed E-state index contributed by atoms with van der Waals surface area (Å²) in [5, 5.41) is 2.69. The van der Waals surface area contributed by atoms with Gasteiger partial charge in [0, 0.05) is 11.8 Å². The van der Waals surface area contributed by atoms with Crippen molar-refractivity contribution in [3.63, 3.8) is 0 Å². The highest BCUT2D eigenvalue weighted by Crippen LogP contribution is 2.34. The third kappa shape index (κ3) is 4.94. The Morgan fingerprint density at radius 2 is 1.89 bits per heavy atom. The van der Waals surface area contributed by atoms with Crippen LogP contribution in [0.2, 0.25) is 0 Å². The van der Waals surface area contributed by atoms with Crippen LogP contribution < -0.4 is 19.5 Å². The Balaban J connectivity index is 1.44. The molecule has 0 unspecified atom stereocenters. The van der Waals surface area contributed by atoms with Crippen molar-refractivity contribution in [2.75, 3.05) is 18.7 Å². The van der Waals surface area contributed by atoms with Gasteiger partial charge in [-0.2, -0.15) is 0 Å². The van der Waals surface area contributed by atoms with E-state index in [1.165, 1.54) is 6.92 Å². The molecule has 0 aliphatic carbocycles. The molecule has 0 spiro atoms. The van der Waals surface area contributed by atoms with Crippen molar-refractivity contribution in [1.82, 2.24) is 0 Å². The minimum absolute atomic E-state index is 0.0506. The molecular weight excluding hydrogens is 362 g/mol. The summed E-state index contributed by atoms with van der Waals surface area (Å²) in [6.07, 6.45) is -0.881. The normalized spacial score (nSPS) is 13.0. The summed E-state index contributed by atoms with van der Waals surface area (Å²) in [6.45, 7) is 5.77. The fourth-order valence-corrected chi connectivity index (χ4v) is 2.63. The van der Waals surface area contributed by atoms with Crippen LogP contribution in [0.3, 0.4) is 0 Å². The quantitative estimate of drug-likeness (QED) is 0.736. The van der Waals surface area contributed by atoms with E-state index in [2.05, 4.69) is 5.32 Å². The number of hydrogen-bond acceptors (Lipinski definition) is 6. The molecule has 7 heteroatoms. The van der Waals surface area contributed by atoms with Gasteiger partial charge in [0.1, 0.15) is 5.75 Å². The van der Waals surface area contributed by atoms with Crippen LogP contribution in [-0.2, 0) is 14.3 Å². The molecule has 7 nitrogen and oxygen atoms in total. The van der Waals surface area contributed by atoms with Crippen molar-refractivity contribution in [1.29, 1.82) is 0 Å². The molecule has 3 rings (SSSR count). The number of carbonyl (C=O) groups is 2. The van der Waals surface area contributed by atoms with E-state index < -0.39 is 18.0 Å². The Hall–Kier alpha value is -3.22. The van der Waals surface area contributed by atoms with E-state index in [1.54, 1.807) is 18.2 Å². The number of aryl methyl sites for hydroxylation is 2. The molecule has 1 amide bonds. The third-order valence-corrected chi connectivity index (χ3v) is 4.22. The van der Waals surface area contributed by atoms with E-state index in [4.69, 9.17) is 18.9 Å². The van der Waals surface area contributed by atoms with Gasteiger partial charge in [-0.05, 0) is 50.1 Å². The first kappa shape index (κ1) is 19.5. The second-order valence-electron chi connectivity index (χ2n) is 6.56. The lowest BCUT2D eigenvalue weighted by Gasteiger charge is -2.14. The van der Waals surface area contributed by atoms with Gasteiger partial charge in [0.05, 0.1) is 13.0 Å². The molecule has 0 aromatic heterocycles. The number of rotatable bonds is 7. The number of nitrogens with one attached hydrogen (secondary N) is 1. The molecule has 0 radical (unpaired) electrons. The van der Waals surface area contributed by atoms with Crippen LogP contribution in [0.4, 0.5) is 5.69 Å². The number of carbonyl (C=O) groups excluding carboxylic acids is 2. The largest absolute Gasteiger partial charge is 0.493 e. The monoisotopic (exact) mass is 385 g/mol. The van der Waals surface area contributed by atoms with Gasteiger partial charge in [0.15, 0.2) is 17.6 Å². The average Bonchev–Trinajstić information content (AvgIpc) is 3.12. The maximum absolute atomic E-state index is 12.2. The second-order valence-corrected chi connectivity index (χ2v) is 6.56. The SMILES string of the molecule is Cc1ccc(C)c(OCCC(=O)O[C@@H](C)C(=O)Nc2ccc3c(c2)OCO3)c1. The highest BCUT2D eigenvalue weighted by atomic mass is 16.7. The number of hydrogen-bond donors (Lipinski definition) is 1. The van der Waals surface area contributed by atoms with E-state index in [9.17, 15) is 9.59 Å². The van der Waals surface area contributed by atoms with E-state index in [1.807, 2.05) is 32.0 Å². The number of fused-ring (bicyclic) bond motifs is 1. The van der Waals surface area contributed by atoms with Crippen molar-refractivity contribution in [2.24, 2.45) is 0 Å². The molecule has 0 saturated carbocycles. The minimum Gasteiger partial charge on any atom is -0.493 e. The van der Waals surface area contributed by atoms with Gasteiger partial charge < -0.3 is 24.3 Å². The third-order valence-electron chi connectivity index (χ3n) is 4.22. The van der Waals surface area contributed by atoms with Gasteiger partial charge >= 0.3 is 5.97 Å². The van der Waals surface area contributed by atoms with Crippen molar-refractivity contribution in [3.8, 4) is 17.2 Å². The van der Waals surface area contributed by atoms with Gasteiger partial charge in [0.25, 0.3) is 5.91 Å². The van der Waals surface area contributed by atoms with E-state index >= 15 is 0 Å². The van der Waals surface area contributed by atoms with Gasteiger partial charge in [-0.3, -0.25) is 9.59 Å². The van der Waals surface area contributed by atoms with Crippen LogP contribution in [0.5, 0.6) is 17.2 Å². The van der Waals surface area contributed by atoms with Crippen molar-refractivity contribution in [3.05, 3.63) is 47.5 Å². The fourth-order valence-electron chi connectivity index (χ4n) is 2.63. The van der Waals surface area contributed by atoms with Crippen LogP contribution in [-0.4, -0.2) is 31.4 Å². The highest BCUT2D eigenvalue weighted by Gasteiger charge is 2.20. The van der Waals surface area contributed by atoms with E-state index in [0.717, 1.165) is 16.9 Å². The van der Waals surface area contributed by atoms with Gasteiger partial charge in [-0.15, -0.1) is 0 Å². The lowest BCUT2D eigenvalue weighted by molar-refractivity contribution is -0.153. The van der Waals surface area contributed by atoms with Crippen LogP contribution in [0, 0.1) is 13.8 Å². The van der Waals surface area contributed by atoms with Gasteiger partial charge in [0.2, 0.25) is 6.79 Å². The molecule has 0 bridgehead atoms. The van der Waals surface area contributed by atoms with Crippen LogP contribution >= 0.6 is 0 Å². The molecule has 0 saturated heterocycles. The Morgan fingerprint density at radius 3 is 2.71 bits per heavy atom. The summed E-state index contributed by atoms with van der Waals surface area (Å²) >= 11 is 0. The molecule has 28 heavy (non-hydrogen) atoms. The molecule has 1 N–H and O–H groups in total. The topological polar surface area (TPSA) is 83.1 Å². The molecule has 0 fully saturated rings. The standard InChI is InChI=1S/C21H23NO6/c1-13-4-5-14(2)18(10-13)25-9-8-20(23)28-15(3)21(24)22-16-6-7-17-19(11-16)27-12-26-17/h4-7,10-11,15H,8-9,12H2,1-3H3,(H,22,24)/t15-/m0/s1. The smallest absolute Gasteiger partial charge is 0.310 e. The van der Waals surface area contributed by atoms with Gasteiger partial charge in [-0.1, -0.05) is 12.1 Å². The zero-order valence-electron chi connectivity index (χ0n) is 16.1. The van der Waals surface area contributed by atoms with Crippen molar-refractivity contribution < 1.29 is 28.5 Å².